The first-order valence-corrected chi connectivity index (χ1v) is 9.18. The molecule has 1 aliphatic rings. The SMILES string of the molecule is CCSCC(=O)N1CCCN1C(=O)c1c(OC)ccc(Cl)c1OC. The number of hydrazine groups is 1. The van der Waals surface area contributed by atoms with Gasteiger partial charge in [0.05, 0.1) is 25.0 Å². The highest BCUT2D eigenvalue weighted by Gasteiger charge is 2.34. The molecule has 0 radical (unpaired) electrons. The van der Waals surface area contributed by atoms with Crippen LogP contribution in [0.1, 0.15) is 23.7 Å². The van der Waals surface area contributed by atoms with E-state index in [0.29, 0.717) is 29.6 Å². The highest BCUT2D eigenvalue weighted by atomic mass is 35.5. The number of hydrogen-bond acceptors (Lipinski definition) is 5. The van der Waals surface area contributed by atoms with Gasteiger partial charge in [0.25, 0.3) is 11.8 Å². The van der Waals surface area contributed by atoms with Crippen LogP contribution in [0.15, 0.2) is 12.1 Å². The van der Waals surface area contributed by atoms with Gasteiger partial charge in [-0.1, -0.05) is 18.5 Å². The van der Waals surface area contributed by atoms with Gasteiger partial charge in [-0.2, -0.15) is 11.8 Å². The molecule has 0 aliphatic carbocycles. The number of ether oxygens (including phenoxy) is 2. The van der Waals surface area contributed by atoms with Crippen molar-refractivity contribution in [3.63, 3.8) is 0 Å². The molecule has 2 rings (SSSR count). The quantitative estimate of drug-likeness (QED) is 0.768. The summed E-state index contributed by atoms with van der Waals surface area (Å²) < 4.78 is 10.6. The maximum Gasteiger partial charge on any atom is 0.280 e. The lowest BCUT2D eigenvalue weighted by molar-refractivity contribution is -0.137. The molecule has 0 unspecified atom stereocenters. The van der Waals surface area contributed by atoms with E-state index in [2.05, 4.69) is 0 Å². The third-order valence-electron chi connectivity index (χ3n) is 3.69. The largest absolute Gasteiger partial charge is 0.496 e. The van der Waals surface area contributed by atoms with Crippen LogP contribution in [0.4, 0.5) is 0 Å². The molecule has 132 valence electrons. The summed E-state index contributed by atoms with van der Waals surface area (Å²) >= 11 is 7.67. The van der Waals surface area contributed by atoms with Crippen LogP contribution in [0.3, 0.4) is 0 Å². The van der Waals surface area contributed by atoms with Crippen molar-refractivity contribution in [2.24, 2.45) is 0 Å². The summed E-state index contributed by atoms with van der Waals surface area (Å²) in [7, 11) is 2.92. The number of hydrogen-bond donors (Lipinski definition) is 0. The molecule has 1 aromatic carbocycles. The second kappa shape index (κ2) is 8.48. The number of rotatable bonds is 6. The van der Waals surface area contributed by atoms with Crippen molar-refractivity contribution < 1.29 is 19.1 Å². The number of nitrogens with zero attached hydrogens (tertiary/aromatic N) is 2. The molecule has 0 aromatic heterocycles. The summed E-state index contributed by atoms with van der Waals surface area (Å²) in [5.41, 5.74) is 0.232. The van der Waals surface area contributed by atoms with Crippen molar-refractivity contribution >= 4 is 35.2 Å². The van der Waals surface area contributed by atoms with Crippen molar-refractivity contribution in [3.8, 4) is 11.5 Å². The lowest BCUT2D eigenvalue weighted by Crippen LogP contribution is -2.45. The van der Waals surface area contributed by atoms with Crippen molar-refractivity contribution in [1.29, 1.82) is 0 Å². The molecule has 2 amide bonds. The number of amides is 2. The Hall–Kier alpha value is -1.60. The molecule has 0 saturated carbocycles. The monoisotopic (exact) mass is 372 g/mol. The average molecular weight is 373 g/mol. The minimum absolute atomic E-state index is 0.0762. The molecule has 0 N–H and O–H groups in total. The molecule has 6 nitrogen and oxygen atoms in total. The Morgan fingerprint density at radius 3 is 2.54 bits per heavy atom. The number of thioether (sulfide) groups is 1. The van der Waals surface area contributed by atoms with Crippen LogP contribution in [0.25, 0.3) is 0 Å². The van der Waals surface area contributed by atoms with Gasteiger partial charge in [-0.05, 0) is 24.3 Å². The first kappa shape index (κ1) is 18.7. The van der Waals surface area contributed by atoms with E-state index >= 15 is 0 Å². The Labute approximate surface area is 151 Å². The van der Waals surface area contributed by atoms with Crippen LogP contribution >= 0.6 is 23.4 Å². The van der Waals surface area contributed by atoms with Gasteiger partial charge in [-0.15, -0.1) is 0 Å². The van der Waals surface area contributed by atoms with Crippen LogP contribution in [-0.4, -0.2) is 60.6 Å². The van der Waals surface area contributed by atoms with Gasteiger partial charge in [0.2, 0.25) is 0 Å². The number of carbonyl (C=O) groups is 2. The first-order valence-electron chi connectivity index (χ1n) is 7.65. The van der Waals surface area contributed by atoms with Crippen LogP contribution in [0.5, 0.6) is 11.5 Å². The molecule has 24 heavy (non-hydrogen) atoms. The second-order valence-corrected chi connectivity index (χ2v) is 6.78. The maximum absolute atomic E-state index is 13.1. The molecule has 0 atom stereocenters. The third-order valence-corrected chi connectivity index (χ3v) is 4.85. The topological polar surface area (TPSA) is 59.1 Å². The van der Waals surface area contributed by atoms with E-state index < -0.39 is 0 Å². The summed E-state index contributed by atoms with van der Waals surface area (Å²) in [5.74, 6) is 1.39. The summed E-state index contributed by atoms with van der Waals surface area (Å²) in [6.45, 7) is 2.99. The van der Waals surface area contributed by atoms with E-state index in [1.54, 1.807) is 12.1 Å². The molecule has 0 bridgehead atoms. The van der Waals surface area contributed by atoms with Gasteiger partial charge in [0, 0.05) is 13.1 Å². The Morgan fingerprint density at radius 1 is 1.21 bits per heavy atom. The minimum Gasteiger partial charge on any atom is -0.496 e. The third kappa shape index (κ3) is 3.72. The van der Waals surface area contributed by atoms with Crippen LogP contribution in [0.2, 0.25) is 5.02 Å². The smallest absolute Gasteiger partial charge is 0.280 e. The lowest BCUT2D eigenvalue weighted by atomic mass is 10.1. The van der Waals surface area contributed by atoms with Crippen LogP contribution < -0.4 is 9.47 Å². The first-order chi connectivity index (χ1) is 11.5. The summed E-state index contributed by atoms with van der Waals surface area (Å²) in [5, 5.41) is 3.28. The fourth-order valence-electron chi connectivity index (χ4n) is 2.59. The predicted octanol–water partition coefficient (Wildman–Crippen LogP) is 2.70. The molecular formula is C16H21ClN2O4S. The Morgan fingerprint density at radius 2 is 1.92 bits per heavy atom. The van der Waals surface area contributed by atoms with Crippen molar-refractivity contribution in [2.75, 3.05) is 38.8 Å². The average Bonchev–Trinajstić information content (AvgIpc) is 3.08. The van der Waals surface area contributed by atoms with Gasteiger partial charge < -0.3 is 9.47 Å². The number of benzene rings is 1. The zero-order valence-corrected chi connectivity index (χ0v) is 15.6. The molecule has 1 aliphatic heterocycles. The Balaban J connectivity index is 2.34. The molecule has 1 saturated heterocycles. The van der Waals surface area contributed by atoms with Gasteiger partial charge >= 0.3 is 0 Å². The van der Waals surface area contributed by atoms with E-state index in [1.165, 1.54) is 36.0 Å². The normalized spacial score (nSPS) is 14.0. The van der Waals surface area contributed by atoms with Gasteiger partial charge in [-0.3, -0.25) is 14.6 Å². The maximum atomic E-state index is 13.1. The minimum atomic E-state index is -0.349. The Kier molecular flexibility index (Phi) is 6.62. The molecule has 8 heteroatoms. The van der Waals surface area contributed by atoms with E-state index in [1.807, 2.05) is 6.92 Å². The molecule has 1 heterocycles. The van der Waals surface area contributed by atoms with Gasteiger partial charge in [-0.25, -0.2) is 5.01 Å². The number of carbonyl (C=O) groups excluding carboxylic acids is 2. The Bertz CT molecular complexity index is 626. The highest BCUT2D eigenvalue weighted by molar-refractivity contribution is 7.99. The number of halogens is 1. The standard InChI is InChI=1S/C16H21ClN2O4S/c1-4-24-10-13(20)18-8-5-9-19(18)16(21)14-12(22-2)7-6-11(17)15(14)23-3/h6-7H,4-5,8-10H2,1-3H3. The van der Waals surface area contributed by atoms with Crippen LogP contribution in [0, 0.1) is 0 Å². The molecule has 1 fully saturated rings. The van der Waals surface area contributed by atoms with Crippen molar-refractivity contribution in [3.05, 3.63) is 22.7 Å². The van der Waals surface area contributed by atoms with E-state index in [-0.39, 0.29) is 23.1 Å². The van der Waals surface area contributed by atoms with E-state index in [4.69, 9.17) is 21.1 Å². The van der Waals surface area contributed by atoms with E-state index in [9.17, 15) is 9.59 Å². The van der Waals surface area contributed by atoms with E-state index in [0.717, 1.165) is 12.2 Å². The predicted molar refractivity (Wildman–Crippen MR) is 94.9 cm³/mol. The second-order valence-electron chi connectivity index (χ2n) is 5.09. The van der Waals surface area contributed by atoms with Crippen molar-refractivity contribution in [2.45, 2.75) is 13.3 Å². The lowest BCUT2D eigenvalue weighted by Gasteiger charge is -2.29. The molecular weight excluding hydrogens is 352 g/mol. The molecule has 1 aromatic rings. The van der Waals surface area contributed by atoms with Crippen molar-refractivity contribution in [1.82, 2.24) is 10.0 Å². The summed E-state index contributed by atoms with van der Waals surface area (Å²) in [6.07, 6.45) is 0.736. The molecule has 0 spiro atoms. The highest BCUT2D eigenvalue weighted by Crippen LogP contribution is 2.37. The zero-order valence-electron chi connectivity index (χ0n) is 14.0. The summed E-state index contributed by atoms with van der Waals surface area (Å²) in [6, 6.07) is 3.23. The summed E-state index contributed by atoms with van der Waals surface area (Å²) in [4.78, 5) is 25.4. The fraction of sp³-hybridized carbons (Fsp3) is 0.500. The van der Waals surface area contributed by atoms with Crippen LogP contribution in [-0.2, 0) is 4.79 Å². The number of methoxy groups -OCH3 is 2. The zero-order chi connectivity index (χ0) is 17.7. The van der Waals surface area contributed by atoms with Gasteiger partial charge in [0.1, 0.15) is 11.3 Å². The van der Waals surface area contributed by atoms with Gasteiger partial charge in [0.15, 0.2) is 5.75 Å². The fourth-order valence-corrected chi connectivity index (χ4v) is 3.35.